The number of H-pyrrole nitrogens is 1. The van der Waals surface area contributed by atoms with Crippen molar-refractivity contribution in [1.29, 1.82) is 0 Å². The molecule has 2 heterocycles. The smallest absolute Gasteiger partial charge is 0.251 e. The van der Waals surface area contributed by atoms with Crippen molar-refractivity contribution in [3.63, 3.8) is 0 Å². The number of hydrogen-bond donors (Lipinski definition) is 2. The molecule has 2 aromatic rings. The first-order chi connectivity index (χ1) is 11.6. The first-order valence-electron chi connectivity index (χ1n) is 8.17. The molecule has 1 atom stereocenters. The van der Waals surface area contributed by atoms with Crippen LogP contribution in [0.5, 0.6) is 0 Å². The Balaban J connectivity index is 1.43. The Bertz CT molecular complexity index is 779. The van der Waals surface area contributed by atoms with E-state index in [1.165, 1.54) is 12.8 Å². The van der Waals surface area contributed by atoms with Crippen LogP contribution in [-0.2, 0) is 4.79 Å². The van der Waals surface area contributed by atoms with E-state index in [4.69, 9.17) is 0 Å². The van der Waals surface area contributed by atoms with E-state index in [9.17, 15) is 9.59 Å². The van der Waals surface area contributed by atoms with E-state index in [2.05, 4.69) is 20.5 Å². The van der Waals surface area contributed by atoms with Gasteiger partial charge in [-0.2, -0.15) is 5.10 Å². The minimum atomic E-state index is -0.164. The van der Waals surface area contributed by atoms with Gasteiger partial charge in [0.15, 0.2) is 5.82 Å². The molecule has 1 aromatic heterocycles. The molecular formula is C17H19N5O2. The van der Waals surface area contributed by atoms with Gasteiger partial charge in [0.2, 0.25) is 5.91 Å². The van der Waals surface area contributed by atoms with Crippen LogP contribution in [0.2, 0.25) is 0 Å². The number of carbonyl (C=O) groups is 2. The molecule has 7 nitrogen and oxygen atoms in total. The molecule has 1 unspecified atom stereocenters. The Kier molecular flexibility index (Phi) is 3.55. The second kappa shape index (κ2) is 5.74. The molecule has 1 saturated carbocycles. The van der Waals surface area contributed by atoms with Crippen molar-refractivity contribution < 1.29 is 9.59 Å². The van der Waals surface area contributed by atoms with E-state index in [0.717, 1.165) is 11.4 Å². The molecule has 1 aliphatic carbocycles. The highest BCUT2D eigenvalue weighted by Gasteiger charge is 2.28. The van der Waals surface area contributed by atoms with Gasteiger partial charge in [0.25, 0.3) is 5.91 Å². The van der Waals surface area contributed by atoms with E-state index in [1.54, 1.807) is 24.1 Å². The zero-order valence-electron chi connectivity index (χ0n) is 13.5. The topological polar surface area (TPSA) is 91.0 Å². The molecule has 24 heavy (non-hydrogen) atoms. The zero-order valence-corrected chi connectivity index (χ0v) is 13.5. The molecule has 0 radical (unpaired) electrons. The summed E-state index contributed by atoms with van der Waals surface area (Å²) >= 11 is 0. The van der Waals surface area contributed by atoms with Crippen molar-refractivity contribution in [2.75, 3.05) is 13.6 Å². The Hall–Kier alpha value is -2.70. The Morgan fingerprint density at radius 3 is 2.67 bits per heavy atom. The fourth-order valence-electron chi connectivity index (χ4n) is 2.94. The quantitative estimate of drug-likeness (QED) is 0.887. The van der Waals surface area contributed by atoms with Gasteiger partial charge >= 0.3 is 0 Å². The lowest BCUT2D eigenvalue weighted by Gasteiger charge is -2.12. The highest BCUT2D eigenvalue weighted by atomic mass is 16.2. The highest BCUT2D eigenvalue weighted by Crippen LogP contribution is 2.38. The van der Waals surface area contributed by atoms with Crippen LogP contribution >= 0.6 is 0 Å². The molecule has 0 bridgehead atoms. The number of aromatic nitrogens is 3. The summed E-state index contributed by atoms with van der Waals surface area (Å²) in [6, 6.07) is 7.10. The monoisotopic (exact) mass is 325 g/mol. The first kappa shape index (κ1) is 14.9. The summed E-state index contributed by atoms with van der Waals surface area (Å²) in [4.78, 5) is 29.9. The average molecular weight is 325 g/mol. The minimum Gasteiger partial charge on any atom is -0.347 e. The van der Waals surface area contributed by atoms with Gasteiger partial charge in [-0.15, -0.1) is 0 Å². The predicted octanol–water partition coefficient (Wildman–Crippen LogP) is 1.31. The Labute approximate surface area is 139 Å². The maximum atomic E-state index is 12.3. The van der Waals surface area contributed by atoms with Gasteiger partial charge in [-0.25, -0.2) is 4.98 Å². The van der Waals surface area contributed by atoms with Gasteiger partial charge < -0.3 is 10.2 Å². The van der Waals surface area contributed by atoms with Crippen molar-refractivity contribution in [2.24, 2.45) is 0 Å². The summed E-state index contributed by atoms with van der Waals surface area (Å²) in [7, 11) is 1.75. The number of likely N-dealkylation sites (N-methyl/N-ethyl adjacent to an activating group) is 1. The van der Waals surface area contributed by atoms with Gasteiger partial charge in [0.05, 0.1) is 6.04 Å². The maximum Gasteiger partial charge on any atom is 0.251 e. The van der Waals surface area contributed by atoms with Gasteiger partial charge in [-0.3, -0.25) is 14.7 Å². The molecule has 2 fully saturated rings. The first-order valence-corrected chi connectivity index (χ1v) is 8.17. The number of carbonyl (C=O) groups excluding carboxylic acids is 2. The van der Waals surface area contributed by atoms with Crippen molar-refractivity contribution in [1.82, 2.24) is 25.4 Å². The fourth-order valence-corrected chi connectivity index (χ4v) is 2.94. The number of amides is 2. The third-order valence-electron chi connectivity index (χ3n) is 4.55. The second-order valence-electron chi connectivity index (χ2n) is 6.54. The van der Waals surface area contributed by atoms with Crippen molar-refractivity contribution >= 4 is 11.8 Å². The molecule has 2 aliphatic rings. The van der Waals surface area contributed by atoms with Gasteiger partial charge in [0.1, 0.15) is 5.82 Å². The molecule has 1 saturated heterocycles. The standard InChI is InChI=1S/C17H19N5O2/c1-22-9-13(8-14(22)23)18-17(24)12-6-4-11(5-7-12)16-19-15(20-21-16)10-2-3-10/h4-7,10,13H,2-3,8-9H2,1H3,(H,18,24)(H,19,20,21). The summed E-state index contributed by atoms with van der Waals surface area (Å²) in [5, 5.41) is 10.1. The number of benzene rings is 1. The largest absolute Gasteiger partial charge is 0.347 e. The SMILES string of the molecule is CN1CC(NC(=O)c2ccc(-c3n[nH]c(C4CC4)n3)cc2)CC1=O. The Morgan fingerprint density at radius 1 is 1.29 bits per heavy atom. The van der Waals surface area contributed by atoms with E-state index >= 15 is 0 Å². The normalized spacial score (nSPS) is 20.5. The number of rotatable bonds is 4. The molecule has 2 amide bonds. The average Bonchev–Trinajstić information content (AvgIpc) is 3.22. The molecule has 0 spiro atoms. The number of likely N-dealkylation sites (tertiary alicyclic amines) is 1. The number of nitrogens with zero attached hydrogens (tertiary/aromatic N) is 3. The van der Waals surface area contributed by atoms with Crippen LogP contribution in [0.4, 0.5) is 0 Å². The number of hydrogen-bond acceptors (Lipinski definition) is 4. The van der Waals surface area contributed by atoms with Crippen LogP contribution in [0, 0.1) is 0 Å². The van der Waals surface area contributed by atoms with Crippen molar-refractivity contribution in [3.8, 4) is 11.4 Å². The summed E-state index contributed by atoms with van der Waals surface area (Å²) < 4.78 is 0. The van der Waals surface area contributed by atoms with E-state index in [1.807, 2.05) is 12.1 Å². The molecule has 4 rings (SSSR count). The van der Waals surface area contributed by atoms with Crippen LogP contribution in [0.25, 0.3) is 11.4 Å². The number of nitrogens with one attached hydrogen (secondary N) is 2. The molecule has 2 N–H and O–H groups in total. The highest BCUT2D eigenvalue weighted by molar-refractivity contribution is 5.95. The van der Waals surface area contributed by atoms with Crippen molar-refractivity contribution in [3.05, 3.63) is 35.7 Å². The van der Waals surface area contributed by atoms with Crippen LogP contribution in [0.1, 0.15) is 41.4 Å². The van der Waals surface area contributed by atoms with E-state index in [0.29, 0.717) is 30.3 Å². The van der Waals surface area contributed by atoms with Crippen LogP contribution in [-0.4, -0.2) is 51.5 Å². The lowest BCUT2D eigenvalue weighted by molar-refractivity contribution is -0.126. The van der Waals surface area contributed by atoms with Crippen molar-refractivity contribution in [2.45, 2.75) is 31.2 Å². The summed E-state index contributed by atoms with van der Waals surface area (Å²) in [6.07, 6.45) is 2.71. The number of aromatic amines is 1. The molecule has 1 aromatic carbocycles. The maximum absolute atomic E-state index is 12.3. The Morgan fingerprint density at radius 2 is 2.04 bits per heavy atom. The third-order valence-corrected chi connectivity index (χ3v) is 4.55. The fraction of sp³-hybridized carbons (Fsp3) is 0.412. The lowest BCUT2D eigenvalue weighted by atomic mass is 10.1. The van der Waals surface area contributed by atoms with Gasteiger partial charge in [-0.1, -0.05) is 12.1 Å². The lowest BCUT2D eigenvalue weighted by Crippen LogP contribution is -2.36. The van der Waals surface area contributed by atoms with E-state index in [-0.39, 0.29) is 17.9 Å². The zero-order chi connectivity index (χ0) is 16.7. The van der Waals surface area contributed by atoms with Crippen LogP contribution < -0.4 is 5.32 Å². The van der Waals surface area contributed by atoms with Crippen LogP contribution in [0.3, 0.4) is 0 Å². The summed E-state index contributed by atoms with van der Waals surface area (Å²) in [5.74, 6) is 2.03. The summed E-state index contributed by atoms with van der Waals surface area (Å²) in [6.45, 7) is 0.559. The molecular weight excluding hydrogens is 306 g/mol. The predicted molar refractivity (Wildman–Crippen MR) is 87.3 cm³/mol. The second-order valence-corrected chi connectivity index (χ2v) is 6.54. The molecule has 1 aliphatic heterocycles. The summed E-state index contributed by atoms with van der Waals surface area (Å²) in [5.41, 5.74) is 1.45. The third kappa shape index (κ3) is 2.89. The minimum absolute atomic E-state index is 0.0618. The molecule has 7 heteroatoms. The van der Waals surface area contributed by atoms with Gasteiger partial charge in [-0.05, 0) is 25.0 Å². The van der Waals surface area contributed by atoms with E-state index < -0.39 is 0 Å². The van der Waals surface area contributed by atoms with Gasteiger partial charge in [0, 0.05) is 37.1 Å². The van der Waals surface area contributed by atoms with Crippen LogP contribution in [0.15, 0.2) is 24.3 Å². The molecule has 124 valence electrons.